The molecule has 0 unspecified atom stereocenters. The second-order valence-electron chi connectivity index (χ2n) is 13.9. The summed E-state index contributed by atoms with van der Waals surface area (Å²) in [6, 6.07) is 57.2. The van der Waals surface area contributed by atoms with Crippen molar-refractivity contribution in [2.24, 2.45) is 0 Å². The van der Waals surface area contributed by atoms with Gasteiger partial charge in [0.25, 0.3) is 0 Å². The number of benzene rings is 8. The van der Waals surface area contributed by atoms with Crippen molar-refractivity contribution >= 4 is 44.5 Å². The minimum Gasteiger partial charge on any atom is -0.398 e. The third-order valence-electron chi connectivity index (χ3n) is 10.9. The topological polar surface area (TPSA) is 86.2 Å². The van der Waals surface area contributed by atoms with Crippen molar-refractivity contribution in [3.05, 3.63) is 214 Å². The molecule has 1 aliphatic carbocycles. The molecule has 0 spiro atoms. The summed E-state index contributed by atoms with van der Waals surface area (Å²) in [5.41, 5.74) is 23.4. The third-order valence-corrected chi connectivity index (χ3v) is 10.9. The normalized spacial score (nSPS) is 12.8. The Kier molecular flexibility index (Phi) is 7.74. The summed E-state index contributed by atoms with van der Waals surface area (Å²) in [4.78, 5) is 27.5. The second kappa shape index (κ2) is 12.8. The smallest absolute Gasteiger partial charge is 0.167 e. The van der Waals surface area contributed by atoms with Gasteiger partial charge in [-0.2, -0.15) is 0 Å². The molecular weight excluding hydrogens is 649 g/mol. The van der Waals surface area contributed by atoms with Crippen LogP contribution in [0.2, 0.25) is 0 Å². The van der Waals surface area contributed by atoms with E-state index in [-0.39, 0.29) is 24.4 Å². The van der Waals surface area contributed by atoms with Crippen LogP contribution in [0.25, 0.3) is 32.7 Å². The first kappa shape index (κ1) is 32.1. The van der Waals surface area contributed by atoms with Gasteiger partial charge in [0.1, 0.15) is 0 Å². The molecule has 4 N–H and O–H groups in total. The van der Waals surface area contributed by atoms with Crippen LogP contribution in [0.4, 0.5) is 11.4 Å². The van der Waals surface area contributed by atoms with Crippen LogP contribution in [0.5, 0.6) is 0 Å². The number of Topliss-reactive ketones (excluding diaryl/α,β-unsaturated/α-hetero) is 2. The Labute approximate surface area is 308 Å². The number of carbonyl (C=O) groups is 2. The zero-order valence-electron chi connectivity index (χ0n) is 29.1. The van der Waals surface area contributed by atoms with E-state index < -0.39 is 5.41 Å². The first-order chi connectivity index (χ1) is 25.9. The van der Waals surface area contributed by atoms with E-state index in [0.717, 1.165) is 43.8 Å². The molecule has 4 nitrogen and oxygen atoms in total. The average Bonchev–Trinajstić information content (AvgIpc) is 3.49. The molecule has 0 saturated carbocycles. The zero-order valence-corrected chi connectivity index (χ0v) is 29.1. The van der Waals surface area contributed by atoms with Crippen molar-refractivity contribution < 1.29 is 9.59 Å². The highest BCUT2D eigenvalue weighted by atomic mass is 16.1. The molecule has 0 amide bonds. The summed E-state index contributed by atoms with van der Waals surface area (Å²) < 4.78 is 0. The first-order valence-electron chi connectivity index (χ1n) is 17.9. The van der Waals surface area contributed by atoms with Gasteiger partial charge in [0, 0.05) is 46.1 Å². The molecule has 0 fully saturated rings. The molecule has 9 rings (SSSR count). The number of nitrogen functional groups attached to an aromatic ring is 2. The predicted molar refractivity (Wildman–Crippen MR) is 217 cm³/mol. The van der Waals surface area contributed by atoms with Crippen LogP contribution in [-0.4, -0.2) is 11.6 Å². The minimum absolute atomic E-state index is 0.0313. The maximum atomic E-state index is 13.7. The Morgan fingerprint density at radius 3 is 1.21 bits per heavy atom. The number of ketones is 2. The lowest BCUT2D eigenvalue weighted by Gasteiger charge is -2.34. The largest absolute Gasteiger partial charge is 0.398 e. The van der Waals surface area contributed by atoms with Gasteiger partial charge in [0.15, 0.2) is 11.6 Å². The Bertz CT molecular complexity index is 2530. The van der Waals surface area contributed by atoms with E-state index in [1.54, 1.807) is 0 Å². The fourth-order valence-corrected chi connectivity index (χ4v) is 8.53. The van der Waals surface area contributed by atoms with Gasteiger partial charge < -0.3 is 11.5 Å². The van der Waals surface area contributed by atoms with Crippen LogP contribution in [0.1, 0.15) is 54.1 Å². The standard InChI is InChI=1S/C49H36N2O2/c50-43-19-7-11-33-9-5-15-39(47(33)43)45(52)29-31-21-25-35(26-22-31)49(41-17-3-1-13-37(41)38-14-2-4-18-42(38)49)36-27-23-32(24-28-36)30-46(53)40-16-6-10-34-12-8-20-44(51)48(34)40/h1-28H,29-30,50-51H2. The molecule has 0 saturated heterocycles. The number of hydrogen-bond donors (Lipinski definition) is 2. The van der Waals surface area contributed by atoms with Gasteiger partial charge in [-0.3, -0.25) is 9.59 Å². The molecule has 0 aromatic heterocycles. The predicted octanol–water partition coefficient (Wildman–Crippen LogP) is 10.4. The van der Waals surface area contributed by atoms with Gasteiger partial charge >= 0.3 is 0 Å². The van der Waals surface area contributed by atoms with Crippen LogP contribution in [0.3, 0.4) is 0 Å². The fraction of sp³-hybridized carbons (Fsp3) is 0.0612. The van der Waals surface area contributed by atoms with Gasteiger partial charge in [-0.15, -0.1) is 0 Å². The number of hydrogen-bond acceptors (Lipinski definition) is 4. The summed E-state index contributed by atoms with van der Waals surface area (Å²) in [5, 5.41) is 3.53. The molecule has 53 heavy (non-hydrogen) atoms. The third kappa shape index (κ3) is 5.22. The van der Waals surface area contributed by atoms with Crippen molar-refractivity contribution in [2.75, 3.05) is 11.5 Å². The van der Waals surface area contributed by atoms with Gasteiger partial charge in [0.2, 0.25) is 0 Å². The highest BCUT2D eigenvalue weighted by Gasteiger charge is 2.45. The summed E-state index contributed by atoms with van der Waals surface area (Å²) >= 11 is 0. The summed E-state index contributed by atoms with van der Waals surface area (Å²) in [6.07, 6.45) is 0.526. The van der Waals surface area contributed by atoms with E-state index in [1.165, 1.54) is 22.3 Å². The number of carbonyl (C=O) groups excluding carboxylic acids is 2. The average molecular weight is 685 g/mol. The number of nitrogens with two attached hydrogens (primary N) is 2. The lowest BCUT2D eigenvalue weighted by Crippen LogP contribution is -2.28. The van der Waals surface area contributed by atoms with Crippen molar-refractivity contribution in [3.8, 4) is 11.1 Å². The molecule has 0 radical (unpaired) electrons. The Balaban J connectivity index is 1.10. The lowest BCUT2D eigenvalue weighted by molar-refractivity contribution is 0.0986. The molecular formula is C49H36N2O2. The number of rotatable bonds is 8. The van der Waals surface area contributed by atoms with Crippen molar-refractivity contribution in [2.45, 2.75) is 18.3 Å². The molecule has 4 heteroatoms. The van der Waals surface area contributed by atoms with E-state index in [9.17, 15) is 9.59 Å². The van der Waals surface area contributed by atoms with Crippen molar-refractivity contribution in [3.63, 3.8) is 0 Å². The summed E-state index contributed by atoms with van der Waals surface area (Å²) in [7, 11) is 0. The molecule has 254 valence electrons. The molecule has 8 aromatic rings. The van der Waals surface area contributed by atoms with Crippen LogP contribution >= 0.6 is 0 Å². The van der Waals surface area contributed by atoms with Gasteiger partial charge in [-0.1, -0.05) is 158 Å². The van der Waals surface area contributed by atoms with Gasteiger partial charge in [-0.05, 0) is 67.4 Å². The van der Waals surface area contributed by atoms with Gasteiger partial charge in [-0.25, -0.2) is 0 Å². The number of anilines is 2. The van der Waals surface area contributed by atoms with E-state index in [0.29, 0.717) is 22.5 Å². The molecule has 0 atom stereocenters. The van der Waals surface area contributed by atoms with E-state index in [2.05, 4.69) is 97.1 Å². The Morgan fingerprint density at radius 1 is 0.415 bits per heavy atom. The number of fused-ring (bicyclic) bond motifs is 5. The van der Waals surface area contributed by atoms with Crippen LogP contribution in [0.15, 0.2) is 170 Å². The fourth-order valence-electron chi connectivity index (χ4n) is 8.53. The highest BCUT2D eigenvalue weighted by Crippen LogP contribution is 2.56. The highest BCUT2D eigenvalue weighted by molar-refractivity contribution is 6.13. The first-order valence-corrected chi connectivity index (χ1v) is 17.9. The molecule has 0 heterocycles. The SMILES string of the molecule is Nc1cccc2cccc(C(=O)Cc3ccc(C4(c5ccc(CC(=O)c6cccc7cccc(N)c67)cc5)c5ccccc5-c5ccccc54)cc3)c12. The molecule has 1 aliphatic rings. The van der Waals surface area contributed by atoms with Crippen LogP contribution < -0.4 is 11.5 Å². The summed E-state index contributed by atoms with van der Waals surface area (Å²) in [6.45, 7) is 0. The molecule has 8 aromatic carbocycles. The van der Waals surface area contributed by atoms with Crippen molar-refractivity contribution in [1.82, 2.24) is 0 Å². The maximum absolute atomic E-state index is 13.7. The zero-order chi connectivity index (χ0) is 36.1. The van der Waals surface area contributed by atoms with E-state index in [4.69, 9.17) is 11.5 Å². The van der Waals surface area contributed by atoms with E-state index >= 15 is 0 Å². The van der Waals surface area contributed by atoms with Gasteiger partial charge in [0.05, 0.1) is 5.41 Å². The second-order valence-corrected chi connectivity index (χ2v) is 13.9. The van der Waals surface area contributed by atoms with E-state index in [1.807, 2.05) is 72.8 Å². The quantitative estimate of drug-likeness (QED) is 0.123. The van der Waals surface area contributed by atoms with Crippen LogP contribution in [0, 0.1) is 0 Å². The maximum Gasteiger partial charge on any atom is 0.167 e. The molecule has 0 aliphatic heterocycles. The van der Waals surface area contributed by atoms with Crippen molar-refractivity contribution in [1.29, 1.82) is 0 Å². The Hall–Kier alpha value is -6.78. The monoisotopic (exact) mass is 684 g/mol. The molecule has 0 bridgehead atoms. The summed E-state index contributed by atoms with van der Waals surface area (Å²) in [5.74, 6) is 0.0627. The Morgan fingerprint density at radius 2 is 0.792 bits per heavy atom. The minimum atomic E-state index is -0.605. The van der Waals surface area contributed by atoms with Crippen LogP contribution in [-0.2, 0) is 18.3 Å². The lowest BCUT2D eigenvalue weighted by atomic mass is 9.67.